The number of carbonyl (C=O) groups excluding carboxylic acids is 1. The number of ether oxygens (including phenoxy) is 1. The minimum atomic E-state index is -0.869. The van der Waals surface area contributed by atoms with E-state index in [1.807, 2.05) is 30.3 Å². The van der Waals surface area contributed by atoms with Crippen molar-refractivity contribution >= 4 is 45.1 Å². The first kappa shape index (κ1) is 22.1. The minimum Gasteiger partial charge on any atom is -0.381 e. The molecule has 0 unspecified atom stereocenters. The molecule has 172 valence electrons. The first-order valence-corrected chi connectivity index (χ1v) is 12.6. The van der Waals surface area contributed by atoms with Crippen LogP contribution in [0.1, 0.15) is 43.7 Å². The minimum absolute atomic E-state index is 0.235. The highest BCUT2D eigenvalue weighted by Crippen LogP contribution is 2.39. The second-order valence-electron chi connectivity index (χ2n) is 8.28. The van der Waals surface area contributed by atoms with Gasteiger partial charge < -0.3 is 15.4 Å². The normalized spacial score (nSPS) is 16.5. The molecule has 2 aliphatic rings. The van der Waals surface area contributed by atoms with Gasteiger partial charge in [-0.2, -0.15) is 9.61 Å². The van der Waals surface area contributed by atoms with Crippen LogP contribution in [0.15, 0.2) is 40.4 Å². The van der Waals surface area contributed by atoms with Crippen LogP contribution >= 0.6 is 23.1 Å². The summed E-state index contributed by atoms with van der Waals surface area (Å²) in [7, 11) is 2.19. The number of likely N-dealkylation sites (tertiary alicyclic amines) is 1. The molecule has 3 aromatic heterocycles. The van der Waals surface area contributed by atoms with Gasteiger partial charge in [-0.15, -0.1) is 10.2 Å². The maximum atomic E-state index is 10.9. The second-order valence-corrected chi connectivity index (χ2v) is 10.3. The zero-order valence-electron chi connectivity index (χ0n) is 18.3. The Kier molecular flexibility index (Phi) is 6.43. The molecule has 1 amide bonds. The van der Waals surface area contributed by atoms with Crippen molar-refractivity contribution in [3.63, 3.8) is 0 Å². The lowest BCUT2D eigenvalue weighted by Gasteiger charge is -2.20. The number of nitrogens with zero attached hydrogens (tertiary/aromatic N) is 6. The molecule has 1 saturated carbocycles. The topological polar surface area (TPSA) is 112 Å². The molecule has 1 aliphatic carbocycles. The van der Waals surface area contributed by atoms with E-state index in [0.717, 1.165) is 26.5 Å². The second kappa shape index (κ2) is 9.62. The van der Waals surface area contributed by atoms with Crippen molar-refractivity contribution in [3.8, 4) is 5.19 Å². The molecular weight excluding hydrogens is 458 g/mol. The summed E-state index contributed by atoms with van der Waals surface area (Å²) in [6.45, 7) is 2.64. The van der Waals surface area contributed by atoms with Crippen molar-refractivity contribution in [2.45, 2.75) is 48.1 Å². The molecule has 6 rings (SSSR count). The third-order valence-corrected chi connectivity index (χ3v) is 7.39. The number of hydrogen-bond acceptors (Lipinski definition) is 9. The molecule has 4 aromatic rings. The van der Waals surface area contributed by atoms with Crippen LogP contribution < -0.4 is 10.5 Å². The summed E-state index contributed by atoms with van der Waals surface area (Å²) < 4.78 is 7.53. The Morgan fingerprint density at radius 3 is 2.67 bits per heavy atom. The first-order valence-electron chi connectivity index (χ1n) is 11.0. The monoisotopic (exact) mass is 483 g/mol. The van der Waals surface area contributed by atoms with Gasteiger partial charge in [0.05, 0.1) is 15.9 Å². The maximum Gasteiger partial charge on any atom is 0.411 e. The summed E-state index contributed by atoms with van der Waals surface area (Å²) in [6.07, 6.45) is 5.80. The standard InChI is InChI=1S/C16H12N6O2S2.C6H13N/c17-14(23)24-16-18-11-4-3-9(7-12(11)26-16)25-15-20-19-13-6-5-10(8-1-2-8)21-22(13)15;1-7-5-3-2-4-6-7/h3-8H,1-2H2,(H2,17,23);2-6H2,1H3. The lowest BCUT2D eigenvalue weighted by molar-refractivity contribution is 0.211. The number of aromatic nitrogens is 5. The quantitative estimate of drug-likeness (QED) is 0.457. The summed E-state index contributed by atoms with van der Waals surface area (Å²) in [5.41, 5.74) is 7.60. The van der Waals surface area contributed by atoms with E-state index in [-0.39, 0.29) is 5.19 Å². The van der Waals surface area contributed by atoms with E-state index in [4.69, 9.17) is 10.5 Å². The molecule has 1 saturated heterocycles. The van der Waals surface area contributed by atoms with E-state index in [1.54, 1.807) is 4.52 Å². The van der Waals surface area contributed by atoms with Gasteiger partial charge in [-0.25, -0.2) is 9.78 Å². The molecule has 33 heavy (non-hydrogen) atoms. The molecule has 2 fully saturated rings. The number of benzene rings is 1. The van der Waals surface area contributed by atoms with E-state index in [1.165, 1.54) is 68.3 Å². The van der Waals surface area contributed by atoms with Crippen LogP contribution in [-0.2, 0) is 0 Å². The summed E-state index contributed by atoms with van der Waals surface area (Å²) in [4.78, 5) is 18.4. The van der Waals surface area contributed by atoms with Crippen molar-refractivity contribution in [1.82, 2.24) is 29.7 Å². The van der Waals surface area contributed by atoms with Crippen molar-refractivity contribution in [1.29, 1.82) is 0 Å². The van der Waals surface area contributed by atoms with Gasteiger partial charge in [0.15, 0.2) is 5.65 Å². The lowest BCUT2D eigenvalue weighted by atomic mass is 10.1. The highest BCUT2D eigenvalue weighted by Gasteiger charge is 2.26. The Labute approximate surface area is 199 Å². The van der Waals surface area contributed by atoms with Gasteiger partial charge in [0.25, 0.3) is 5.19 Å². The lowest BCUT2D eigenvalue weighted by Crippen LogP contribution is -2.24. The number of rotatable bonds is 4. The zero-order chi connectivity index (χ0) is 22.8. The number of nitrogens with two attached hydrogens (primary N) is 1. The number of primary amides is 1. The van der Waals surface area contributed by atoms with Gasteiger partial charge >= 0.3 is 6.09 Å². The Bertz CT molecular complexity index is 1280. The van der Waals surface area contributed by atoms with E-state index in [0.29, 0.717) is 11.1 Å². The van der Waals surface area contributed by atoms with Crippen LogP contribution in [0.5, 0.6) is 5.19 Å². The highest BCUT2D eigenvalue weighted by molar-refractivity contribution is 7.99. The van der Waals surface area contributed by atoms with Gasteiger partial charge in [0.1, 0.15) is 0 Å². The molecule has 0 atom stereocenters. The van der Waals surface area contributed by atoms with Crippen LogP contribution in [0.4, 0.5) is 4.79 Å². The molecule has 1 aliphatic heterocycles. The number of carbonyl (C=O) groups is 1. The maximum absolute atomic E-state index is 10.9. The Balaban J connectivity index is 0.000000281. The number of thiazole rings is 1. The highest BCUT2D eigenvalue weighted by atomic mass is 32.2. The largest absolute Gasteiger partial charge is 0.411 e. The third kappa shape index (κ3) is 5.43. The molecule has 9 nitrogen and oxygen atoms in total. The predicted octanol–water partition coefficient (Wildman–Crippen LogP) is 4.32. The Morgan fingerprint density at radius 1 is 1.15 bits per heavy atom. The predicted molar refractivity (Wildman–Crippen MR) is 128 cm³/mol. The smallest absolute Gasteiger partial charge is 0.381 e. The van der Waals surface area contributed by atoms with Gasteiger partial charge in [-0.1, -0.05) is 17.8 Å². The summed E-state index contributed by atoms with van der Waals surface area (Å²) in [6, 6.07) is 9.76. The van der Waals surface area contributed by atoms with Crippen LogP contribution in [0, 0.1) is 0 Å². The Hall–Kier alpha value is -2.76. The van der Waals surface area contributed by atoms with Gasteiger partial charge in [-0.05, 0) is 87.9 Å². The van der Waals surface area contributed by atoms with Crippen molar-refractivity contribution in [2.75, 3.05) is 20.1 Å². The molecule has 2 N–H and O–H groups in total. The molecule has 0 bridgehead atoms. The number of hydrogen-bond donors (Lipinski definition) is 1. The van der Waals surface area contributed by atoms with E-state index >= 15 is 0 Å². The van der Waals surface area contributed by atoms with E-state index < -0.39 is 6.09 Å². The number of fused-ring (bicyclic) bond motifs is 2. The summed E-state index contributed by atoms with van der Waals surface area (Å²) in [5.74, 6) is 0.567. The molecule has 0 spiro atoms. The average Bonchev–Trinajstić information content (AvgIpc) is 3.47. The van der Waals surface area contributed by atoms with Crippen molar-refractivity contribution in [3.05, 3.63) is 36.0 Å². The van der Waals surface area contributed by atoms with Crippen molar-refractivity contribution < 1.29 is 9.53 Å². The molecule has 11 heteroatoms. The van der Waals surface area contributed by atoms with Crippen LogP contribution in [0.25, 0.3) is 15.9 Å². The fourth-order valence-corrected chi connectivity index (χ4v) is 5.44. The van der Waals surface area contributed by atoms with Crippen LogP contribution in [0.2, 0.25) is 0 Å². The molecule has 0 radical (unpaired) electrons. The number of amides is 1. The number of piperidine rings is 1. The van der Waals surface area contributed by atoms with E-state index in [9.17, 15) is 4.79 Å². The summed E-state index contributed by atoms with van der Waals surface area (Å²) >= 11 is 2.74. The summed E-state index contributed by atoms with van der Waals surface area (Å²) in [5, 5.41) is 14.1. The van der Waals surface area contributed by atoms with E-state index in [2.05, 4.69) is 32.2 Å². The fourth-order valence-electron chi connectivity index (χ4n) is 3.68. The molecular formula is C22H25N7O2S2. The fraction of sp³-hybridized carbons (Fsp3) is 0.409. The van der Waals surface area contributed by atoms with Crippen LogP contribution in [-0.4, -0.2) is 55.9 Å². The van der Waals surface area contributed by atoms with Crippen molar-refractivity contribution in [2.24, 2.45) is 5.73 Å². The van der Waals surface area contributed by atoms with Gasteiger partial charge in [0.2, 0.25) is 5.16 Å². The van der Waals surface area contributed by atoms with Gasteiger partial charge in [0, 0.05) is 10.8 Å². The average molecular weight is 484 g/mol. The SMILES string of the molecule is CN1CCCCC1.NC(=O)Oc1nc2ccc(Sc3nnc4ccc(C5CC5)nn34)cc2s1. The first-order chi connectivity index (χ1) is 16.0. The van der Waals surface area contributed by atoms with Crippen LogP contribution in [0.3, 0.4) is 0 Å². The molecule has 4 heterocycles. The molecule has 1 aromatic carbocycles. The van der Waals surface area contributed by atoms with Gasteiger partial charge in [-0.3, -0.25) is 0 Å². The third-order valence-electron chi connectivity index (χ3n) is 5.57. The zero-order valence-corrected chi connectivity index (χ0v) is 19.9. The Morgan fingerprint density at radius 2 is 1.97 bits per heavy atom.